The first-order valence-corrected chi connectivity index (χ1v) is 23.1. The molecule has 0 saturated carbocycles. The number of para-hydroxylation sites is 4. The van der Waals surface area contributed by atoms with Crippen molar-refractivity contribution in [1.29, 1.82) is 0 Å². The number of aryl methyl sites for hydroxylation is 2. The van der Waals surface area contributed by atoms with Gasteiger partial charge >= 0.3 is 19.1 Å². The third kappa shape index (κ3) is 12.0. The fraction of sp³-hybridized carbons (Fsp3) is 0.138. The van der Waals surface area contributed by atoms with Crippen LogP contribution < -0.4 is 15.3 Å². The van der Waals surface area contributed by atoms with Gasteiger partial charge in [-0.1, -0.05) is 119 Å². The molecule has 342 valence electrons. The molecule has 0 aromatic heterocycles. The SMILES string of the molecule is CC1(C)OB(c2ccc(N(c3ccccc3)c3ccccc3)cc2)OC1(C)C.Cc1cc(Br)cc(C(=O)O)c1.Cc1cc(C(=O)O)cc(-c2ccc(N(c3ccccc3)c3ccccc3)cc2)c1. The minimum atomic E-state index is -0.911. The predicted molar refractivity (Wildman–Crippen MR) is 281 cm³/mol. The molecular weight excluding hydrogens is 911 g/mol. The molecule has 1 saturated heterocycles. The van der Waals surface area contributed by atoms with Gasteiger partial charge in [-0.15, -0.1) is 0 Å². The Morgan fingerprint density at radius 3 is 1.15 bits per heavy atom. The normalized spacial score (nSPS) is 13.2. The Bertz CT molecular complexity index is 2820. The molecule has 1 heterocycles. The minimum absolute atomic E-state index is 0.305. The van der Waals surface area contributed by atoms with Crippen LogP contribution in [0.3, 0.4) is 0 Å². The number of carbonyl (C=O) groups is 2. The number of carboxylic acid groups (broad SMARTS) is 2. The average molecular weight is 966 g/mol. The number of hydrogen-bond donors (Lipinski definition) is 2. The lowest BCUT2D eigenvalue weighted by molar-refractivity contribution is 0.00578. The summed E-state index contributed by atoms with van der Waals surface area (Å²) in [4.78, 5) is 26.3. The third-order valence-corrected chi connectivity index (χ3v) is 12.3. The first-order chi connectivity index (χ1) is 32.6. The van der Waals surface area contributed by atoms with Crippen LogP contribution in [0.15, 0.2) is 211 Å². The molecule has 9 rings (SSSR count). The summed E-state index contributed by atoms with van der Waals surface area (Å²) < 4.78 is 13.2. The lowest BCUT2D eigenvalue weighted by atomic mass is 9.79. The van der Waals surface area contributed by atoms with Gasteiger partial charge in [0.2, 0.25) is 0 Å². The van der Waals surface area contributed by atoms with Crippen molar-refractivity contribution >= 4 is 74.6 Å². The molecular formula is C58H54BBrN2O6. The van der Waals surface area contributed by atoms with Crippen LogP contribution in [0.4, 0.5) is 34.1 Å². The number of hydrogen-bond acceptors (Lipinski definition) is 6. The van der Waals surface area contributed by atoms with Gasteiger partial charge in [0.05, 0.1) is 22.3 Å². The summed E-state index contributed by atoms with van der Waals surface area (Å²) >= 11 is 3.22. The molecule has 1 fully saturated rings. The summed E-state index contributed by atoms with van der Waals surface area (Å²) in [5.74, 6) is -1.81. The van der Waals surface area contributed by atoms with Gasteiger partial charge in [0, 0.05) is 38.6 Å². The zero-order valence-corrected chi connectivity index (χ0v) is 40.6. The number of nitrogens with zero attached hydrogens (tertiary/aromatic N) is 2. The third-order valence-electron chi connectivity index (χ3n) is 11.8. The highest BCUT2D eigenvalue weighted by Gasteiger charge is 2.51. The predicted octanol–water partition coefficient (Wildman–Crippen LogP) is 14.7. The molecule has 0 spiro atoms. The first kappa shape index (κ1) is 48.7. The maximum Gasteiger partial charge on any atom is 0.494 e. The molecule has 1 aliphatic heterocycles. The summed E-state index contributed by atoms with van der Waals surface area (Å²) in [7, 11) is -0.346. The first-order valence-electron chi connectivity index (χ1n) is 22.3. The zero-order valence-electron chi connectivity index (χ0n) is 39.0. The fourth-order valence-electron chi connectivity index (χ4n) is 7.70. The molecule has 1 aliphatic rings. The standard InChI is InChI=1S/C26H21NO2.C24H26BNO2.C8H7BrO2/c1-19-16-21(18-22(17-19)26(28)29)20-12-14-25(15-13-20)27(23-8-4-2-5-9-23)24-10-6-3-7-11-24;1-23(2)24(3,4)28-25(27-23)19-15-17-22(18-16-19)26(20-11-7-5-8-12-20)21-13-9-6-10-14-21;1-5-2-6(8(10)11)4-7(9)3-5/h2-18H,1H3,(H,28,29);5-18H,1-4H3;2-4H,1H3,(H,10,11). The van der Waals surface area contributed by atoms with Gasteiger partial charge in [-0.2, -0.15) is 0 Å². The molecule has 10 heteroatoms. The number of halogens is 1. The number of anilines is 6. The van der Waals surface area contributed by atoms with Crippen molar-refractivity contribution in [2.24, 2.45) is 0 Å². The summed E-state index contributed by atoms with van der Waals surface area (Å²) in [6.45, 7) is 12.1. The van der Waals surface area contributed by atoms with E-state index >= 15 is 0 Å². The molecule has 0 unspecified atom stereocenters. The quantitative estimate of drug-likeness (QED) is 0.131. The van der Waals surface area contributed by atoms with Crippen LogP contribution in [0.2, 0.25) is 0 Å². The van der Waals surface area contributed by atoms with E-state index < -0.39 is 11.9 Å². The van der Waals surface area contributed by atoms with E-state index in [0.717, 1.165) is 66.3 Å². The summed E-state index contributed by atoms with van der Waals surface area (Å²) in [6, 6.07) is 68.4. The second-order valence-corrected chi connectivity index (χ2v) is 18.4. The smallest absolute Gasteiger partial charge is 0.478 e. The van der Waals surface area contributed by atoms with E-state index in [4.69, 9.17) is 14.4 Å². The van der Waals surface area contributed by atoms with Crippen molar-refractivity contribution < 1.29 is 29.1 Å². The summed E-state index contributed by atoms with van der Waals surface area (Å²) in [6.07, 6.45) is 0. The van der Waals surface area contributed by atoms with Crippen molar-refractivity contribution in [3.05, 3.63) is 233 Å². The number of carboxylic acids is 2. The topological polar surface area (TPSA) is 99.5 Å². The zero-order chi connectivity index (χ0) is 48.4. The Labute approximate surface area is 408 Å². The van der Waals surface area contributed by atoms with Crippen LogP contribution in [-0.2, 0) is 9.31 Å². The highest BCUT2D eigenvalue weighted by atomic mass is 79.9. The highest BCUT2D eigenvalue weighted by Crippen LogP contribution is 2.38. The Kier molecular flexibility index (Phi) is 15.5. The van der Waals surface area contributed by atoms with Crippen LogP contribution in [0.1, 0.15) is 59.5 Å². The second-order valence-electron chi connectivity index (χ2n) is 17.5. The van der Waals surface area contributed by atoms with E-state index in [0.29, 0.717) is 11.1 Å². The van der Waals surface area contributed by atoms with Crippen molar-refractivity contribution in [1.82, 2.24) is 0 Å². The lowest BCUT2D eigenvalue weighted by Gasteiger charge is -2.32. The Morgan fingerprint density at radius 2 is 0.779 bits per heavy atom. The van der Waals surface area contributed by atoms with Crippen molar-refractivity contribution in [3.63, 3.8) is 0 Å². The van der Waals surface area contributed by atoms with Gasteiger partial charge in [0.25, 0.3) is 0 Å². The largest absolute Gasteiger partial charge is 0.494 e. The number of benzene rings is 8. The molecule has 8 aromatic rings. The Balaban J connectivity index is 0.000000165. The van der Waals surface area contributed by atoms with Crippen molar-refractivity contribution in [2.75, 3.05) is 9.80 Å². The van der Waals surface area contributed by atoms with Crippen molar-refractivity contribution in [3.8, 4) is 11.1 Å². The average Bonchev–Trinajstić information content (AvgIpc) is 3.56. The molecule has 0 radical (unpaired) electrons. The second kappa shape index (κ2) is 21.6. The van der Waals surface area contributed by atoms with Gasteiger partial charge in [-0.3, -0.25) is 0 Å². The number of aromatic carboxylic acids is 2. The van der Waals surface area contributed by atoms with Crippen LogP contribution in [-0.4, -0.2) is 40.5 Å². The molecule has 0 bridgehead atoms. The van der Waals surface area contributed by atoms with Gasteiger partial charge in [-0.05, 0) is 172 Å². The molecule has 2 N–H and O–H groups in total. The van der Waals surface area contributed by atoms with Crippen LogP contribution in [0.25, 0.3) is 11.1 Å². The van der Waals surface area contributed by atoms with E-state index in [1.807, 2.05) is 86.6 Å². The van der Waals surface area contributed by atoms with E-state index in [2.05, 4.69) is 163 Å². The van der Waals surface area contributed by atoms with Gasteiger partial charge in [0.15, 0.2) is 0 Å². The van der Waals surface area contributed by atoms with Gasteiger partial charge in [0.1, 0.15) is 0 Å². The Hall–Kier alpha value is -7.24. The molecule has 8 nitrogen and oxygen atoms in total. The van der Waals surface area contributed by atoms with Crippen molar-refractivity contribution in [2.45, 2.75) is 52.7 Å². The highest BCUT2D eigenvalue weighted by molar-refractivity contribution is 9.10. The van der Waals surface area contributed by atoms with E-state index in [-0.39, 0.29) is 18.3 Å². The van der Waals surface area contributed by atoms with E-state index in [1.165, 1.54) is 0 Å². The number of rotatable bonds is 10. The molecule has 8 aromatic carbocycles. The van der Waals surface area contributed by atoms with E-state index in [9.17, 15) is 14.7 Å². The van der Waals surface area contributed by atoms with Crippen LogP contribution >= 0.6 is 15.9 Å². The maximum atomic E-state index is 11.4. The van der Waals surface area contributed by atoms with Crippen LogP contribution in [0.5, 0.6) is 0 Å². The van der Waals surface area contributed by atoms with Gasteiger partial charge < -0.3 is 29.3 Å². The molecule has 68 heavy (non-hydrogen) atoms. The summed E-state index contributed by atoms with van der Waals surface area (Å²) in [5, 5.41) is 18.0. The fourth-order valence-corrected chi connectivity index (χ4v) is 8.31. The van der Waals surface area contributed by atoms with E-state index in [1.54, 1.807) is 24.3 Å². The minimum Gasteiger partial charge on any atom is -0.478 e. The van der Waals surface area contributed by atoms with Crippen LogP contribution in [0, 0.1) is 13.8 Å². The molecule has 0 amide bonds. The Morgan fingerprint density at radius 1 is 0.441 bits per heavy atom. The molecule has 0 atom stereocenters. The summed E-state index contributed by atoms with van der Waals surface area (Å²) in [5.41, 5.74) is 11.3. The monoisotopic (exact) mass is 964 g/mol. The lowest BCUT2D eigenvalue weighted by Crippen LogP contribution is -2.41. The van der Waals surface area contributed by atoms with Gasteiger partial charge in [-0.25, -0.2) is 9.59 Å². The molecule has 0 aliphatic carbocycles. The maximum absolute atomic E-state index is 11.4.